The fourth-order valence-corrected chi connectivity index (χ4v) is 0.821. The standard InChI is InChI=1S/C7H8O4/c8-6(7(9)10)5-3-1-2-4-11-5/h3H,1-2,4H2,(H,9,10). The van der Waals surface area contributed by atoms with E-state index >= 15 is 0 Å². The number of aliphatic carboxylic acids is 1. The zero-order chi connectivity index (χ0) is 8.27. The molecular weight excluding hydrogens is 148 g/mol. The van der Waals surface area contributed by atoms with E-state index in [2.05, 4.69) is 0 Å². The summed E-state index contributed by atoms with van der Waals surface area (Å²) in [5.74, 6) is -2.44. The number of carbonyl (C=O) groups excluding carboxylic acids is 1. The molecule has 4 heteroatoms. The van der Waals surface area contributed by atoms with Gasteiger partial charge in [0.15, 0.2) is 5.76 Å². The molecule has 0 amide bonds. The number of hydrogen-bond donors (Lipinski definition) is 1. The van der Waals surface area contributed by atoms with E-state index in [1.54, 1.807) is 0 Å². The quantitative estimate of drug-likeness (QED) is 0.585. The molecule has 0 aliphatic carbocycles. The highest BCUT2D eigenvalue weighted by Crippen LogP contribution is 2.10. The van der Waals surface area contributed by atoms with Crippen molar-refractivity contribution in [1.29, 1.82) is 0 Å². The Kier molecular flexibility index (Phi) is 2.25. The van der Waals surface area contributed by atoms with Crippen LogP contribution in [0.3, 0.4) is 0 Å². The van der Waals surface area contributed by atoms with E-state index in [0.29, 0.717) is 13.0 Å². The molecule has 4 nitrogen and oxygen atoms in total. The third-order valence-corrected chi connectivity index (χ3v) is 1.35. The van der Waals surface area contributed by atoms with Crippen LogP contribution in [-0.4, -0.2) is 23.5 Å². The van der Waals surface area contributed by atoms with Crippen LogP contribution in [0, 0.1) is 0 Å². The molecule has 0 aromatic rings. The molecule has 0 aromatic carbocycles. The van der Waals surface area contributed by atoms with E-state index in [1.165, 1.54) is 6.08 Å². The Balaban J connectivity index is 2.66. The van der Waals surface area contributed by atoms with Crippen LogP contribution in [0.25, 0.3) is 0 Å². The van der Waals surface area contributed by atoms with Crippen LogP contribution in [0.4, 0.5) is 0 Å². The lowest BCUT2D eigenvalue weighted by Gasteiger charge is -2.11. The van der Waals surface area contributed by atoms with Gasteiger partial charge in [0.1, 0.15) is 0 Å². The molecule has 0 fully saturated rings. The Morgan fingerprint density at radius 3 is 2.73 bits per heavy atom. The maximum atomic E-state index is 10.7. The Bertz CT molecular complexity index is 216. The first-order valence-electron chi connectivity index (χ1n) is 3.32. The lowest BCUT2D eigenvalue weighted by atomic mass is 10.2. The highest BCUT2D eigenvalue weighted by atomic mass is 16.5. The number of ether oxygens (including phenoxy) is 1. The monoisotopic (exact) mass is 156 g/mol. The van der Waals surface area contributed by atoms with Gasteiger partial charge in [0.05, 0.1) is 6.61 Å². The van der Waals surface area contributed by atoms with Gasteiger partial charge in [0, 0.05) is 0 Å². The number of carbonyl (C=O) groups is 2. The van der Waals surface area contributed by atoms with E-state index in [9.17, 15) is 9.59 Å². The van der Waals surface area contributed by atoms with Gasteiger partial charge >= 0.3 is 11.8 Å². The minimum atomic E-state index is -1.46. The molecule has 0 bridgehead atoms. The average molecular weight is 156 g/mol. The topological polar surface area (TPSA) is 63.6 Å². The molecule has 1 rings (SSSR count). The highest BCUT2D eigenvalue weighted by molar-refractivity contribution is 6.39. The van der Waals surface area contributed by atoms with Gasteiger partial charge in [-0.1, -0.05) is 0 Å². The summed E-state index contributed by atoms with van der Waals surface area (Å²) in [4.78, 5) is 20.8. The Labute approximate surface area is 63.5 Å². The smallest absolute Gasteiger partial charge is 0.380 e. The van der Waals surface area contributed by atoms with Crippen LogP contribution in [0.1, 0.15) is 12.8 Å². The number of hydrogen-bond acceptors (Lipinski definition) is 3. The Morgan fingerprint density at radius 1 is 1.55 bits per heavy atom. The summed E-state index contributed by atoms with van der Waals surface area (Å²) in [5, 5.41) is 8.26. The van der Waals surface area contributed by atoms with Gasteiger partial charge in [-0.15, -0.1) is 0 Å². The number of allylic oxidation sites excluding steroid dienone is 1. The number of carboxylic acid groups (broad SMARTS) is 1. The van der Waals surface area contributed by atoms with Crippen molar-refractivity contribution in [2.45, 2.75) is 12.8 Å². The van der Waals surface area contributed by atoms with Crippen LogP contribution >= 0.6 is 0 Å². The van der Waals surface area contributed by atoms with Gasteiger partial charge in [0.25, 0.3) is 0 Å². The highest BCUT2D eigenvalue weighted by Gasteiger charge is 2.20. The minimum absolute atomic E-state index is 0.0243. The van der Waals surface area contributed by atoms with Gasteiger partial charge in [-0.05, 0) is 18.9 Å². The van der Waals surface area contributed by atoms with Crippen molar-refractivity contribution < 1.29 is 19.4 Å². The molecule has 1 N–H and O–H groups in total. The van der Waals surface area contributed by atoms with Crippen LogP contribution < -0.4 is 0 Å². The average Bonchev–Trinajstić information content (AvgIpc) is 2.05. The zero-order valence-corrected chi connectivity index (χ0v) is 5.87. The third-order valence-electron chi connectivity index (χ3n) is 1.35. The first kappa shape index (κ1) is 7.78. The van der Waals surface area contributed by atoms with Crippen molar-refractivity contribution >= 4 is 11.8 Å². The fraction of sp³-hybridized carbons (Fsp3) is 0.429. The summed E-state index contributed by atoms with van der Waals surface area (Å²) in [6.45, 7) is 0.435. The summed E-state index contributed by atoms with van der Waals surface area (Å²) < 4.78 is 4.83. The molecule has 0 saturated heterocycles. The summed E-state index contributed by atoms with van der Waals surface area (Å²) in [7, 11) is 0. The van der Waals surface area contributed by atoms with Crippen LogP contribution in [0.5, 0.6) is 0 Å². The number of Topliss-reactive ketones (excluding diaryl/α,β-unsaturated/α-hetero) is 1. The molecule has 1 aliphatic rings. The number of carboxylic acids is 1. The van der Waals surface area contributed by atoms with Gasteiger partial charge < -0.3 is 9.84 Å². The predicted octanol–water partition coefficient (Wildman–Crippen LogP) is 0.334. The van der Waals surface area contributed by atoms with Gasteiger partial charge in [-0.3, -0.25) is 4.79 Å². The van der Waals surface area contributed by atoms with Gasteiger partial charge in [0.2, 0.25) is 0 Å². The van der Waals surface area contributed by atoms with Gasteiger partial charge in [-0.2, -0.15) is 0 Å². The summed E-state index contributed by atoms with van der Waals surface area (Å²) in [6.07, 6.45) is 3.07. The second-order valence-electron chi connectivity index (χ2n) is 2.19. The maximum Gasteiger partial charge on any atom is 0.380 e. The van der Waals surface area contributed by atoms with Crippen molar-refractivity contribution in [3.05, 3.63) is 11.8 Å². The van der Waals surface area contributed by atoms with E-state index < -0.39 is 11.8 Å². The van der Waals surface area contributed by atoms with Crippen molar-refractivity contribution in [2.24, 2.45) is 0 Å². The molecule has 0 saturated carbocycles. The lowest BCUT2D eigenvalue weighted by molar-refractivity contribution is -0.148. The molecule has 11 heavy (non-hydrogen) atoms. The molecular formula is C7H8O4. The second-order valence-corrected chi connectivity index (χ2v) is 2.19. The number of rotatable bonds is 2. The summed E-state index contributed by atoms with van der Waals surface area (Å²) in [6, 6.07) is 0. The third kappa shape index (κ3) is 1.80. The first-order valence-corrected chi connectivity index (χ1v) is 3.32. The second kappa shape index (κ2) is 3.18. The molecule has 0 atom stereocenters. The lowest BCUT2D eigenvalue weighted by Crippen LogP contribution is -2.19. The van der Waals surface area contributed by atoms with E-state index in [-0.39, 0.29) is 5.76 Å². The van der Waals surface area contributed by atoms with Crippen molar-refractivity contribution in [3.8, 4) is 0 Å². The molecule has 1 aliphatic heterocycles. The van der Waals surface area contributed by atoms with E-state index in [0.717, 1.165) is 6.42 Å². The Morgan fingerprint density at radius 2 is 2.27 bits per heavy atom. The van der Waals surface area contributed by atoms with E-state index in [4.69, 9.17) is 9.84 Å². The molecule has 0 radical (unpaired) electrons. The normalized spacial score (nSPS) is 16.5. The van der Waals surface area contributed by atoms with Crippen molar-refractivity contribution in [2.75, 3.05) is 6.61 Å². The first-order chi connectivity index (χ1) is 5.22. The van der Waals surface area contributed by atoms with Crippen LogP contribution in [0.15, 0.2) is 11.8 Å². The van der Waals surface area contributed by atoms with Crippen LogP contribution in [0.2, 0.25) is 0 Å². The van der Waals surface area contributed by atoms with Crippen molar-refractivity contribution in [3.63, 3.8) is 0 Å². The maximum absolute atomic E-state index is 10.7. The summed E-state index contributed by atoms with van der Waals surface area (Å²) >= 11 is 0. The SMILES string of the molecule is O=C(O)C(=O)C1=CCCCO1. The molecule has 60 valence electrons. The van der Waals surface area contributed by atoms with E-state index in [1.807, 2.05) is 0 Å². The molecule has 0 spiro atoms. The van der Waals surface area contributed by atoms with Crippen LogP contribution in [-0.2, 0) is 14.3 Å². The molecule has 0 unspecified atom stereocenters. The van der Waals surface area contributed by atoms with Crippen molar-refractivity contribution in [1.82, 2.24) is 0 Å². The molecule has 0 aromatic heterocycles. The van der Waals surface area contributed by atoms with Gasteiger partial charge in [-0.25, -0.2) is 4.79 Å². The largest absolute Gasteiger partial charge is 0.490 e. The fourth-order valence-electron chi connectivity index (χ4n) is 0.821. The summed E-state index contributed by atoms with van der Waals surface area (Å²) in [5.41, 5.74) is 0. The zero-order valence-electron chi connectivity index (χ0n) is 5.87. The molecule has 1 heterocycles. The predicted molar refractivity (Wildman–Crippen MR) is 35.9 cm³/mol. The Hall–Kier alpha value is -1.32. The minimum Gasteiger partial charge on any atom is -0.490 e. The number of ketones is 1.